The molecule has 1 fully saturated rings. The molecule has 1 aromatic heterocycles. The van der Waals surface area contributed by atoms with Crippen molar-refractivity contribution in [2.75, 3.05) is 11.4 Å². The molecule has 2 aromatic rings. The fourth-order valence-corrected chi connectivity index (χ4v) is 3.18. The molecular weight excluding hydrogens is 290 g/mol. The average Bonchev–Trinajstić information content (AvgIpc) is 3.15. The highest BCUT2D eigenvalue weighted by Gasteiger charge is 2.32. The van der Waals surface area contributed by atoms with Gasteiger partial charge in [0.15, 0.2) is 5.82 Å². The van der Waals surface area contributed by atoms with Crippen LogP contribution < -0.4 is 10.6 Å². The van der Waals surface area contributed by atoms with Gasteiger partial charge in [-0.3, -0.25) is 4.79 Å². The molecule has 1 aliphatic heterocycles. The van der Waals surface area contributed by atoms with Gasteiger partial charge in [-0.15, -0.1) is 0 Å². The molecule has 1 atom stereocenters. The fraction of sp³-hybridized carbons (Fsp3) is 0.471. The van der Waals surface area contributed by atoms with E-state index in [1.165, 1.54) is 5.56 Å². The first kappa shape index (κ1) is 15.5. The van der Waals surface area contributed by atoms with Gasteiger partial charge in [-0.1, -0.05) is 30.3 Å². The van der Waals surface area contributed by atoms with E-state index < -0.39 is 0 Å². The number of carbonyl (C=O) groups is 1. The third kappa shape index (κ3) is 3.52. The Morgan fingerprint density at radius 2 is 2.09 bits per heavy atom. The largest absolute Gasteiger partial charge is 0.368 e. The fourth-order valence-electron chi connectivity index (χ4n) is 3.18. The summed E-state index contributed by atoms with van der Waals surface area (Å²) in [6, 6.07) is 10.2. The van der Waals surface area contributed by atoms with Gasteiger partial charge in [0.25, 0.3) is 0 Å². The number of rotatable bonds is 6. The van der Waals surface area contributed by atoms with Crippen molar-refractivity contribution in [2.24, 2.45) is 12.8 Å². The smallest absolute Gasteiger partial charge is 0.240 e. The molecule has 1 saturated heterocycles. The predicted molar refractivity (Wildman–Crippen MR) is 89.0 cm³/mol. The van der Waals surface area contributed by atoms with Crippen LogP contribution in [0.2, 0.25) is 0 Å². The van der Waals surface area contributed by atoms with E-state index in [1.54, 1.807) is 4.68 Å². The molecule has 0 bridgehead atoms. The summed E-state index contributed by atoms with van der Waals surface area (Å²) in [5.41, 5.74) is 6.82. The third-order valence-electron chi connectivity index (χ3n) is 4.33. The molecule has 2 N–H and O–H groups in total. The lowest BCUT2D eigenvalue weighted by Crippen LogP contribution is -2.41. The van der Waals surface area contributed by atoms with E-state index in [-0.39, 0.29) is 11.9 Å². The Bertz CT molecular complexity index is 667. The van der Waals surface area contributed by atoms with Crippen LogP contribution in [-0.4, -0.2) is 33.3 Å². The van der Waals surface area contributed by atoms with Crippen LogP contribution in [0.5, 0.6) is 0 Å². The number of hydrogen-bond acceptors (Lipinski definition) is 4. The Balaban J connectivity index is 1.63. The summed E-state index contributed by atoms with van der Waals surface area (Å²) in [7, 11) is 1.87. The Morgan fingerprint density at radius 1 is 1.30 bits per heavy atom. The van der Waals surface area contributed by atoms with Crippen molar-refractivity contribution in [3.05, 3.63) is 41.7 Å². The molecule has 0 radical (unpaired) electrons. The minimum Gasteiger partial charge on any atom is -0.368 e. The molecule has 2 heterocycles. The van der Waals surface area contributed by atoms with Gasteiger partial charge < -0.3 is 10.6 Å². The maximum Gasteiger partial charge on any atom is 0.240 e. The summed E-state index contributed by atoms with van der Waals surface area (Å²) in [5.74, 6) is 1.30. The number of carbonyl (C=O) groups excluding carboxylic acids is 1. The number of primary amides is 1. The standard InChI is InChI=1S/C17H23N5O/c1-21-17(22-12-6-10-14(22)16(18)23)19-15(20-21)11-5-9-13-7-3-2-4-8-13/h2-4,7-8,14H,5-6,9-12H2,1H3,(H2,18,23)/t14-/m0/s1. The van der Waals surface area contributed by atoms with Gasteiger partial charge in [0.1, 0.15) is 6.04 Å². The Kier molecular flexibility index (Phi) is 4.60. The lowest BCUT2D eigenvalue weighted by atomic mass is 10.1. The van der Waals surface area contributed by atoms with E-state index in [1.807, 2.05) is 18.0 Å². The van der Waals surface area contributed by atoms with E-state index in [4.69, 9.17) is 5.73 Å². The number of aromatic nitrogens is 3. The normalized spacial score (nSPS) is 17.6. The summed E-state index contributed by atoms with van der Waals surface area (Å²) < 4.78 is 1.76. The van der Waals surface area contributed by atoms with Crippen LogP contribution in [0.25, 0.3) is 0 Å². The SMILES string of the molecule is Cn1nc(CCCc2ccccc2)nc1N1CCC[C@H]1C(N)=O. The second-order valence-corrected chi connectivity index (χ2v) is 6.04. The van der Waals surface area contributed by atoms with Crippen molar-refractivity contribution in [3.63, 3.8) is 0 Å². The highest BCUT2D eigenvalue weighted by molar-refractivity contribution is 5.83. The summed E-state index contributed by atoms with van der Waals surface area (Å²) in [4.78, 5) is 18.2. The molecule has 0 spiro atoms. The van der Waals surface area contributed by atoms with Gasteiger partial charge in [-0.2, -0.15) is 10.1 Å². The van der Waals surface area contributed by atoms with Gasteiger partial charge in [0, 0.05) is 20.0 Å². The van der Waals surface area contributed by atoms with Gasteiger partial charge in [0.2, 0.25) is 11.9 Å². The molecule has 6 heteroatoms. The average molecular weight is 313 g/mol. The number of aryl methyl sites for hydroxylation is 3. The zero-order valence-electron chi connectivity index (χ0n) is 13.5. The minimum absolute atomic E-state index is 0.255. The summed E-state index contributed by atoms with van der Waals surface area (Å²) in [6.45, 7) is 0.809. The molecular formula is C17H23N5O. The van der Waals surface area contributed by atoms with E-state index in [2.05, 4.69) is 34.3 Å². The van der Waals surface area contributed by atoms with Crippen LogP contribution in [0.1, 0.15) is 30.7 Å². The molecule has 122 valence electrons. The predicted octanol–water partition coefficient (Wildman–Crippen LogP) is 1.44. The van der Waals surface area contributed by atoms with Crippen molar-refractivity contribution in [1.82, 2.24) is 14.8 Å². The van der Waals surface area contributed by atoms with Crippen molar-refractivity contribution >= 4 is 11.9 Å². The zero-order chi connectivity index (χ0) is 16.2. The zero-order valence-corrected chi connectivity index (χ0v) is 13.5. The Morgan fingerprint density at radius 3 is 2.83 bits per heavy atom. The van der Waals surface area contributed by atoms with Crippen LogP contribution in [-0.2, 0) is 24.7 Å². The molecule has 1 amide bonds. The van der Waals surface area contributed by atoms with Crippen LogP contribution in [0, 0.1) is 0 Å². The number of amides is 1. The van der Waals surface area contributed by atoms with Crippen LogP contribution in [0.15, 0.2) is 30.3 Å². The molecule has 6 nitrogen and oxygen atoms in total. The Hall–Kier alpha value is -2.37. The maximum absolute atomic E-state index is 11.6. The quantitative estimate of drug-likeness (QED) is 0.875. The topological polar surface area (TPSA) is 77.0 Å². The maximum atomic E-state index is 11.6. The van der Waals surface area contributed by atoms with Crippen LogP contribution in [0.4, 0.5) is 5.95 Å². The molecule has 1 aliphatic rings. The van der Waals surface area contributed by atoms with Crippen molar-refractivity contribution < 1.29 is 4.79 Å². The lowest BCUT2D eigenvalue weighted by Gasteiger charge is -2.22. The van der Waals surface area contributed by atoms with Gasteiger partial charge in [-0.25, -0.2) is 4.68 Å². The molecule has 0 aliphatic carbocycles. The first-order valence-corrected chi connectivity index (χ1v) is 8.15. The van der Waals surface area contributed by atoms with Gasteiger partial charge >= 0.3 is 0 Å². The third-order valence-corrected chi connectivity index (χ3v) is 4.33. The first-order valence-electron chi connectivity index (χ1n) is 8.15. The van der Waals surface area contributed by atoms with Crippen molar-refractivity contribution in [3.8, 4) is 0 Å². The Labute approximate surface area is 136 Å². The van der Waals surface area contributed by atoms with E-state index >= 15 is 0 Å². The van der Waals surface area contributed by atoms with E-state index in [0.717, 1.165) is 50.4 Å². The molecule has 0 saturated carbocycles. The number of nitrogens with zero attached hydrogens (tertiary/aromatic N) is 4. The van der Waals surface area contributed by atoms with Crippen molar-refractivity contribution in [1.29, 1.82) is 0 Å². The van der Waals surface area contributed by atoms with E-state index in [9.17, 15) is 4.79 Å². The second-order valence-electron chi connectivity index (χ2n) is 6.04. The molecule has 0 unspecified atom stereocenters. The first-order chi connectivity index (χ1) is 11.1. The summed E-state index contributed by atoms with van der Waals surface area (Å²) >= 11 is 0. The molecule has 23 heavy (non-hydrogen) atoms. The molecule has 1 aromatic carbocycles. The lowest BCUT2D eigenvalue weighted by molar-refractivity contribution is -0.119. The molecule has 3 rings (SSSR count). The number of benzene rings is 1. The van der Waals surface area contributed by atoms with Crippen LogP contribution >= 0.6 is 0 Å². The minimum atomic E-state index is -0.281. The highest BCUT2D eigenvalue weighted by Crippen LogP contribution is 2.23. The monoisotopic (exact) mass is 313 g/mol. The van der Waals surface area contributed by atoms with Crippen molar-refractivity contribution in [2.45, 2.75) is 38.1 Å². The number of nitrogens with two attached hydrogens (primary N) is 1. The summed E-state index contributed by atoms with van der Waals surface area (Å²) in [6.07, 6.45) is 4.61. The highest BCUT2D eigenvalue weighted by atomic mass is 16.1. The van der Waals surface area contributed by atoms with Gasteiger partial charge in [-0.05, 0) is 31.2 Å². The number of hydrogen-bond donors (Lipinski definition) is 1. The van der Waals surface area contributed by atoms with E-state index in [0.29, 0.717) is 0 Å². The second kappa shape index (κ2) is 6.81. The van der Waals surface area contributed by atoms with Crippen LogP contribution in [0.3, 0.4) is 0 Å². The van der Waals surface area contributed by atoms with Gasteiger partial charge in [0.05, 0.1) is 0 Å². The summed E-state index contributed by atoms with van der Waals surface area (Å²) in [5, 5.41) is 4.49. The number of anilines is 1.